The van der Waals surface area contributed by atoms with E-state index in [-0.39, 0.29) is 24.2 Å². The zero-order valence-electron chi connectivity index (χ0n) is 14.7. The Hall–Kier alpha value is -2.05. The fourth-order valence-corrected chi connectivity index (χ4v) is 5.47. The number of amides is 1. The Labute approximate surface area is 163 Å². The van der Waals surface area contributed by atoms with Crippen molar-refractivity contribution in [3.63, 3.8) is 0 Å². The molecular weight excluding hydrogens is 386 g/mol. The Morgan fingerprint density at radius 2 is 1.67 bits per heavy atom. The van der Waals surface area contributed by atoms with Gasteiger partial charge < -0.3 is 9.64 Å². The Morgan fingerprint density at radius 3 is 2.26 bits per heavy atom. The van der Waals surface area contributed by atoms with Gasteiger partial charge in [0.15, 0.2) is 0 Å². The minimum Gasteiger partial charge on any atom is -0.448 e. The number of likely N-dealkylation sites (tertiary alicyclic amines) is 1. The van der Waals surface area contributed by atoms with E-state index in [4.69, 9.17) is 15.4 Å². The average molecular weight is 406 g/mol. The SMILES string of the molecule is O=C(OCC1c2ccccc2-c2ccccc21)N1CCC(CS(=O)(=O)Cl)C1. The topological polar surface area (TPSA) is 63.7 Å². The zero-order chi connectivity index (χ0) is 19.0. The molecule has 1 atom stereocenters. The Morgan fingerprint density at radius 1 is 1.07 bits per heavy atom. The highest BCUT2D eigenvalue weighted by Gasteiger charge is 2.32. The highest BCUT2D eigenvalue weighted by atomic mass is 35.7. The summed E-state index contributed by atoms with van der Waals surface area (Å²) >= 11 is 0. The summed E-state index contributed by atoms with van der Waals surface area (Å²) in [5.41, 5.74) is 4.70. The van der Waals surface area contributed by atoms with Crippen molar-refractivity contribution in [3.8, 4) is 11.1 Å². The van der Waals surface area contributed by atoms with Gasteiger partial charge >= 0.3 is 6.09 Å². The van der Waals surface area contributed by atoms with Crippen molar-refractivity contribution in [1.82, 2.24) is 4.90 Å². The van der Waals surface area contributed by atoms with E-state index in [2.05, 4.69) is 24.3 Å². The van der Waals surface area contributed by atoms with Crippen LogP contribution in [0.25, 0.3) is 11.1 Å². The van der Waals surface area contributed by atoms with Crippen LogP contribution in [0.4, 0.5) is 4.79 Å². The van der Waals surface area contributed by atoms with Crippen molar-refractivity contribution in [2.24, 2.45) is 5.92 Å². The maximum atomic E-state index is 12.5. The molecule has 2 aromatic rings. The van der Waals surface area contributed by atoms with Crippen LogP contribution in [0, 0.1) is 5.92 Å². The van der Waals surface area contributed by atoms with Crippen LogP contribution in [-0.4, -0.2) is 44.9 Å². The molecule has 1 aliphatic heterocycles. The van der Waals surface area contributed by atoms with Crippen molar-refractivity contribution in [3.05, 3.63) is 59.7 Å². The third-order valence-electron chi connectivity index (χ3n) is 5.31. The number of hydrogen-bond acceptors (Lipinski definition) is 4. The number of halogens is 1. The summed E-state index contributed by atoms with van der Waals surface area (Å²) in [6.45, 7) is 1.12. The van der Waals surface area contributed by atoms with Gasteiger partial charge in [0, 0.05) is 29.7 Å². The fourth-order valence-electron chi connectivity index (χ4n) is 4.10. The van der Waals surface area contributed by atoms with E-state index in [9.17, 15) is 13.2 Å². The van der Waals surface area contributed by atoms with Gasteiger partial charge in [-0.2, -0.15) is 0 Å². The quantitative estimate of drug-likeness (QED) is 0.725. The van der Waals surface area contributed by atoms with Crippen LogP contribution < -0.4 is 0 Å². The second kappa shape index (κ2) is 7.17. The third-order valence-corrected chi connectivity index (χ3v) is 6.56. The third kappa shape index (κ3) is 3.82. The van der Waals surface area contributed by atoms with Gasteiger partial charge in [-0.3, -0.25) is 0 Å². The van der Waals surface area contributed by atoms with Gasteiger partial charge in [0.05, 0.1) is 5.75 Å². The van der Waals surface area contributed by atoms with E-state index < -0.39 is 15.1 Å². The number of hydrogen-bond donors (Lipinski definition) is 0. The van der Waals surface area contributed by atoms with Crippen LogP contribution in [0.2, 0.25) is 0 Å². The van der Waals surface area contributed by atoms with Gasteiger partial charge in [0.25, 0.3) is 0 Å². The van der Waals surface area contributed by atoms with Crippen LogP contribution in [0.1, 0.15) is 23.5 Å². The van der Waals surface area contributed by atoms with E-state index in [1.165, 1.54) is 22.3 Å². The predicted molar refractivity (Wildman–Crippen MR) is 104 cm³/mol. The number of fused-ring (bicyclic) bond motifs is 3. The van der Waals surface area contributed by atoms with Gasteiger partial charge in [0.2, 0.25) is 9.05 Å². The van der Waals surface area contributed by atoms with Crippen molar-refractivity contribution in [2.75, 3.05) is 25.4 Å². The number of carbonyl (C=O) groups excluding carboxylic acids is 1. The van der Waals surface area contributed by atoms with E-state index >= 15 is 0 Å². The maximum absolute atomic E-state index is 12.5. The lowest BCUT2D eigenvalue weighted by Gasteiger charge is -2.19. The molecule has 1 saturated heterocycles. The van der Waals surface area contributed by atoms with Crippen LogP contribution in [-0.2, 0) is 13.8 Å². The molecule has 1 fully saturated rings. The monoisotopic (exact) mass is 405 g/mol. The summed E-state index contributed by atoms with van der Waals surface area (Å²) in [5.74, 6) is -0.224. The summed E-state index contributed by atoms with van der Waals surface area (Å²) in [6, 6.07) is 16.4. The first-order valence-electron chi connectivity index (χ1n) is 8.94. The molecule has 27 heavy (non-hydrogen) atoms. The first kappa shape index (κ1) is 18.3. The molecule has 1 heterocycles. The summed E-state index contributed by atoms with van der Waals surface area (Å²) in [7, 11) is 1.77. The lowest BCUT2D eigenvalue weighted by Crippen LogP contribution is -2.31. The van der Waals surface area contributed by atoms with Gasteiger partial charge in [-0.25, -0.2) is 13.2 Å². The summed E-state index contributed by atoms with van der Waals surface area (Å²) in [5, 5.41) is 0. The van der Waals surface area contributed by atoms with E-state index in [1.807, 2.05) is 24.3 Å². The minimum atomic E-state index is -3.56. The summed E-state index contributed by atoms with van der Waals surface area (Å²) in [4.78, 5) is 14.0. The molecule has 0 radical (unpaired) electrons. The Bertz CT molecular complexity index is 930. The molecule has 2 aromatic carbocycles. The first-order valence-corrected chi connectivity index (χ1v) is 11.4. The lowest BCUT2D eigenvalue weighted by atomic mass is 9.98. The van der Waals surface area contributed by atoms with E-state index in [1.54, 1.807) is 4.90 Å². The van der Waals surface area contributed by atoms with Crippen LogP contribution in [0.5, 0.6) is 0 Å². The highest BCUT2D eigenvalue weighted by molar-refractivity contribution is 8.13. The molecule has 0 aromatic heterocycles. The lowest BCUT2D eigenvalue weighted by molar-refractivity contribution is 0.107. The maximum Gasteiger partial charge on any atom is 0.409 e. The molecule has 142 valence electrons. The van der Waals surface area contributed by atoms with Crippen molar-refractivity contribution in [2.45, 2.75) is 12.3 Å². The molecule has 0 spiro atoms. The van der Waals surface area contributed by atoms with E-state index in [0.29, 0.717) is 19.5 Å². The number of rotatable bonds is 4. The predicted octanol–water partition coefficient (Wildman–Crippen LogP) is 3.83. The summed E-state index contributed by atoms with van der Waals surface area (Å²) in [6.07, 6.45) is 0.224. The molecule has 1 amide bonds. The Balaban J connectivity index is 1.43. The molecule has 1 aliphatic carbocycles. The molecule has 7 heteroatoms. The normalized spacial score (nSPS) is 19.0. The second-order valence-electron chi connectivity index (χ2n) is 7.11. The fraction of sp³-hybridized carbons (Fsp3) is 0.350. The summed E-state index contributed by atoms with van der Waals surface area (Å²) < 4.78 is 28.1. The standard InChI is InChI=1S/C20H20ClNO4S/c21-27(24,25)13-14-9-10-22(11-14)20(23)26-12-19-17-7-3-1-5-15(17)16-6-2-4-8-18(16)19/h1-8,14,19H,9-13H2. The van der Waals surface area contributed by atoms with Gasteiger partial charge in [-0.1, -0.05) is 48.5 Å². The largest absolute Gasteiger partial charge is 0.448 e. The molecule has 5 nitrogen and oxygen atoms in total. The molecule has 2 aliphatic rings. The van der Waals surface area contributed by atoms with Crippen molar-refractivity contribution < 1.29 is 17.9 Å². The first-order chi connectivity index (χ1) is 12.9. The van der Waals surface area contributed by atoms with Crippen LogP contribution >= 0.6 is 10.7 Å². The van der Waals surface area contributed by atoms with Gasteiger partial charge in [0.1, 0.15) is 6.61 Å². The average Bonchev–Trinajstić information content (AvgIpc) is 3.21. The van der Waals surface area contributed by atoms with Crippen molar-refractivity contribution in [1.29, 1.82) is 0 Å². The zero-order valence-corrected chi connectivity index (χ0v) is 16.2. The highest BCUT2D eigenvalue weighted by Crippen LogP contribution is 2.44. The van der Waals surface area contributed by atoms with Crippen LogP contribution in [0.3, 0.4) is 0 Å². The number of carbonyl (C=O) groups is 1. The Kier molecular flexibility index (Phi) is 4.86. The molecule has 1 unspecified atom stereocenters. The molecule has 0 saturated carbocycles. The van der Waals surface area contributed by atoms with Crippen molar-refractivity contribution >= 4 is 25.8 Å². The van der Waals surface area contributed by atoms with E-state index in [0.717, 1.165) is 0 Å². The minimum absolute atomic E-state index is 0.0166. The molecule has 0 bridgehead atoms. The molecule has 4 rings (SSSR count). The smallest absolute Gasteiger partial charge is 0.409 e. The van der Waals surface area contributed by atoms with Gasteiger partial charge in [-0.15, -0.1) is 0 Å². The number of nitrogens with zero attached hydrogens (tertiary/aromatic N) is 1. The van der Waals surface area contributed by atoms with Crippen LogP contribution in [0.15, 0.2) is 48.5 Å². The number of benzene rings is 2. The number of ether oxygens (including phenoxy) is 1. The second-order valence-corrected chi connectivity index (χ2v) is 9.93. The molecular formula is C20H20ClNO4S. The molecule has 0 N–H and O–H groups in total. The van der Waals surface area contributed by atoms with Gasteiger partial charge in [-0.05, 0) is 34.6 Å².